The SMILES string of the molecule is O=C1C(=O)N(CCN2CCOCC2)C(c2ccc(O)cc2)/C1=C(\O)c1ccc(Cl)cc1. The highest BCUT2D eigenvalue weighted by Gasteiger charge is 2.46. The fourth-order valence-corrected chi connectivity index (χ4v) is 4.08. The molecule has 2 saturated heterocycles. The Hall–Kier alpha value is -2.87. The molecule has 2 heterocycles. The molecular formula is C23H23ClN2O5. The highest BCUT2D eigenvalue weighted by molar-refractivity contribution is 6.46. The lowest BCUT2D eigenvalue weighted by molar-refractivity contribution is -0.140. The van der Waals surface area contributed by atoms with Crippen LogP contribution in [-0.2, 0) is 14.3 Å². The van der Waals surface area contributed by atoms with Gasteiger partial charge in [0.15, 0.2) is 0 Å². The van der Waals surface area contributed by atoms with E-state index in [1.165, 1.54) is 17.0 Å². The van der Waals surface area contributed by atoms with E-state index in [4.69, 9.17) is 16.3 Å². The first-order valence-corrected chi connectivity index (χ1v) is 10.5. The van der Waals surface area contributed by atoms with Crippen molar-refractivity contribution in [2.24, 2.45) is 0 Å². The Labute approximate surface area is 185 Å². The summed E-state index contributed by atoms with van der Waals surface area (Å²) in [6.45, 7) is 3.71. The Kier molecular flexibility index (Phi) is 6.27. The molecule has 0 radical (unpaired) electrons. The van der Waals surface area contributed by atoms with E-state index < -0.39 is 17.7 Å². The Bertz CT molecular complexity index is 998. The molecule has 2 aliphatic heterocycles. The number of amides is 1. The number of benzene rings is 2. The second kappa shape index (κ2) is 9.09. The molecule has 31 heavy (non-hydrogen) atoms. The third kappa shape index (κ3) is 4.44. The van der Waals surface area contributed by atoms with E-state index in [0.717, 1.165) is 13.1 Å². The number of rotatable bonds is 5. The molecule has 4 rings (SSSR count). The van der Waals surface area contributed by atoms with Crippen molar-refractivity contribution in [1.29, 1.82) is 0 Å². The van der Waals surface area contributed by atoms with E-state index in [1.807, 2.05) is 0 Å². The van der Waals surface area contributed by atoms with Gasteiger partial charge < -0.3 is 19.8 Å². The zero-order chi connectivity index (χ0) is 22.0. The number of nitrogens with zero attached hydrogens (tertiary/aromatic N) is 2. The van der Waals surface area contributed by atoms with Gasteiger partial charge in [-0.05, 0) is 42.0 Å². The summed E-state index contributed by atoms with van der Waals surface area (Å²) in [5.41, 5.74) is 1.06. The number of aromatic hydroxyl groups is 1. The number of Topliss-reactive ketones (excluding diaryl/α,β-unsaturated/α-hetero) is 1. The van der Waals surface area contributed by atoms with Crippen LogP contribution in [0.25, 0.3) is 5.76 Å². The van der Waals surface area contributed by atoms with Crippen LogP contribution in [0.1, 0.15) is 17.2 Å². The normalized spacial score (nSPS) is 21.6. The van der Waals surface area contributed by atoms with Gasteiger partial charge in [-0.2, -0.15) is 0 Å². The Morgan fingerprint density at radius 2 is 1.65 bits per heavy atom. The van der Waals surface area contributed by atoms with Gasteiger partial charge in [0.1, 0.15) is 11.5 Å². The predicted octanol–water partition coefficient (Wildman–Crippen LogP) is 2.80. The fraction of sp³-hybridized carbons (Fsp3) is 0.304. The Balaban J connectivity index is 1.72. The van der Waals surface area contributed by atoms with Crippen LogP contribution in [0.3, 0.4) is 0 Å². The van der Waals surface area contributed by atoms with Crippen molar-refractivity contribution >= 4 is 29.1 Å². The molecular weight excluding hydrogens is 420 g/mol. The van der Waals surface area contributed by atoms with Gasteiger partial charge >= 0.3 is 0 Å². The van der Waals surface area contributed by atoms with Crippen molar-refractivity contribution < 1.29 is 24.5 Å². The van der Waals surface area contributed by atoms with Crippen LogP contribution < -0.4 is 0 Å². The number of phenolic OH excluding ortho intramolecular Hbond substituents is 1. The molecule has 2 aliphatic rings. The minimum absolute atomic E-state index is 0.0278. The van der Waals surface area contributed by atoms with Crippen LogP contribution in [0.2, 0.25) is 5.02 Å². The number of carbonyl (C=O) groups excluding carboxylic acids is 2. The van der Waals surface area contributed by atoms with Crippen LogP contribution in [0.4, 0.5) is 0 Å². The Morgan fingerprint density at radius 1 is 1.00 bits per heavy atom. The van der Waals surface area contributed by atoms with Crippen LogP contribution in [0.5, 0.6) is 5.75 Å². The van der Waals surface area contributed by atoms with E-state index in [0.29, 0.717) is 42.5 Å². The number of hydrogen-bond donors (Lipinski definition) is 2. The van der Waals surface area contributed by atoms with Gasteiger partial charge in [0.25, 0.3) is 11.7 Å². The minimum Gasteiger partial charge on any atom is -0.508 e. The molecule has 2 fully saturated rings. The number of halogens is 1. The molecule has 8 heteroatoms. The molecule has 0 spiro atoms. The van der Waals surface area contributed by atoms with Gasteiger partial charge in [0.2, 0.25) is 0 Å². The van der Waals surface area contributed by atoms with Gasteiger partial charge in [-0.25, -0.2) is 0 Å². The highest BCUT2D eigenvalue weighted by atomic mass is 35.5. The van der Waals surface area contributed by atoms with Crippen molar-refractivity contribution in [1.82, 2.24) is 9.80 Å². The molecule has 0 aromatic heterocycles. The summed E-state index contributed by atoms with van der Waals surface area (Å²) >= 11 is 5.94. The third-order valence-corrected chi connectivity index (χ3v) is 5.88. The number of ketones is 1. The van der Waals surface area contributed by atoms with Crippen molar-refractivity contribution in [3.05, 3.63) is 70.3 Å². The Morgan fingerprint density at radius 3 is 2.29 bits per heavy atom. The summed E-state index contributed by atoms with van der Waals surface area (Å²) in [6.07, 6.45) is 0. The second-order valence-corrected chi connectivity index (χ2v) is 7.98. The highest BCUT2D eigenvalue weighted by Crippen LogP contribution is 2.39. The second-order valence-electron chi connectivity index (χ2n) is 7.54. The molecule has 0 bridgehead atoms. The topological polar surface area (TPSA) is 90.3 Å². The number of aliphatic hydroxyl groups excluding tert-OH is 1. The maximum Gasteiger partial charge on any atom is 0.295 e. The first-order chi connectivity index (χ1) is 15.0. The van der Waals surface area contributed by atoms with Crippen molar-refractivity contribution in [2.75, 3.05) is 39.4 Å². The third-order valence-electron chi connectivity index (χ3n) is 5.63. The van der Waals surface area contributed by atoms with Crippen LogP contribution in [0.15, 0.2) is 54.1 Å². The number of ether oxygens (including phenoxy) is 1. The maximum atomic E-state index is 13.0. The zero-order valence-corrected chi connectivity index (χ0v) is 17.6. The molecule has 1 atom stereocenters. The van der Waals surface area contributed by atoms with Gasteiger partial charge in [-0.3, -0.25) is 14.5 Å². The van der Waals surface area contributed by atoms with Gasteiger partial charge in [0.05, 0.1) is 24.8 Å². The minimum atomic E-state index is -0.752. The number of morpholine rings is 1. The van der Waals surface area contributed by atoms with Gasteiger partial charge in [-0.15, -0.1) is 0 Å². The number of phenols is 1. The largest absolute Gasteiger partial charge is 0.508 e. The van der Waals surface area contributed by atoms with Crippen molar-refractivity contribution in [2.45, 2.75) is 6.04 Å². The number of carbonyl (C=O) groups is 2. The molecule has 2 aromatic carbocycles. The van der Waals surface area contributed by atoms with E-state index in [2.05, 4.69) is 4.90 Å². The summed E-state index contributed by atoms with van der Waals surface area (Å²) in [5.74, 6) is -1.55. The molecule has 162 valence electrons. The van der Waals surface area contributed by atoms with Crippen LogP contribution in [-0.4, -0.2) is 71.1 Å². The number of likely N-dealkylation sites (tertiary alicyclic amines) is 1. The van der Waals surface area contributed by atoms with Crippen LogP contribution >= 0.6 is 11.6 Å². The predicted molar refractivity (Wildman–Crippen MR) is 116 cm³/mol. The average Bonchev–Trinajstić information content (AvgIpc) is 3.04. The first-order valence-electron chi connectivity index (χ1n) is 10.1. The maximum absolute atomic E-state index is 13.0. The summed E-state index contributed by atoms with van der Waals surface area (Å²) in [6, 6.07) is 12.0. The summed E-state index contributed by atoms with van der Waals surface area (Å²) in [4.78, 5) is 29.6. The molecule has 7 nitrogen and oxygen atoms in total. The molecule has 1 unspecified atom stereocenters. The number of hydrogen-bond acceptors (Lipinski definition) is 6. The fourth-order valence-electron chi connectivity index (χ4n) is 3.95. The first kappa shape index (κ1) is 21.4. The van der Waals surface area contributed by atoms with E-state index in [9.17, 15) is 19.8 Å². The average molecular weight is 443 g/mol. The van der Waals surface area contributed by atoms with E-state index in [-0.39, 0.29) is 17.1 Å². The monoisotopic (exact) mass is 442 g/mol. The van der Waals surface area contributed by atoms with Crippen molar-refractivity contribution in [3.63, 3.8) is 0 Å². The summed E-state index contributed by atoms with van der Waals surface area (Å²) in [7, 11) is 0. The lowest BCUT2D eigenvalue weighted by Gasteiger charge is -2.31. The lowest BCUT2D eigenvalue weighted by atomic mass is 9.95. The van der Waals surface area contributed by atoms with Crippen molar-refractivity contribution in [3.8, 4) is 5.75 Å². The molecule has 0 aliphatic carbocycles. The lowest BCUT2D eigenvalue weighted by Crippen LogP contribution is -2.42. The summed E-state index contributed by atoms with van der Waals surface area (Å²) in [5, 5.41) is 21.2. The van der Waals surface area contributed by atoms with Gasteiger partial charge in [0, 0.05) is 36.8 Å². The molecule has 2 N–H and O–H groups in total. The number of aliphatic hydroxyl groups is 1. The van der Waals surface area contributed by atoms with Crippen LogP contribution in [0, 0.1) is 0 Å². The quantitative estimate of drug-likeness (QED) is 0.420. The van der Waals surface area contributed by atoms with E-state index >= 15 is 0 Å². The standard InChI is InChI=1S/C23H23ClN2O5/c24-17-5-1-16(2-6-17)21(28)19-20(15-3-7-18(27)8-4-15)26(23(30)22(19)29)10-9-25-11-13-31-14-12-25/h1-8,20,27-28H,9-14H2/b21-19+. The van der Waals surface area contributed by atoms with Gasteiger partial charge in [-0.1, -0.05) is 23.7 Å². The molecule has 2 aromatic rings. The zero-order valence-electron chi connectivity index (χ0n) is 16.8. The molecule has 0 saturated carbocycles. The molecule has 1 amide bonds. The van der Waals surface area contributed by atoms with E-state index in [1.54, 1.807) is 36.4 Å². The smallest absolute Gasteiger partial charge is 0.295 e. The summed E-state index contributed by atoms with van der Waals surface area (Å²) < 4.78 is 5.37.